The molecule has 0 bridgehead atoms. The van der Waals surface area contributed by atoms with E-state index in [9.17, 15) is 4.79 Å². The quantitative estimate of drug-likeness (QED) is 0.741. The van der Waals surface area contributed by atoms with Crippen LogP contribution in [0.1, 0.15) is 28.1 Å². The Morgan fingerprint density at radius 3 is 3.07 bits per heavy atom. The van der Waals surface area contributed by atoms with Gasteiger partial charge in [0.05, 0.1) is 6.54 Å². The third-order valence-corrected chi connectivity index (χ3v) is 3.19. The minimum atomic E-state index is 0.514. The summed E-state index contributed by atoms with van der Waals surface area (Å²) in [5.41, 5.74) is 1.10. The molecule has 0 radical (unpaired) electrons. The van der Waals surface area contributed by atoms with Crippen molar-refractivity contribution in [2.75, 3.05) is 0 Å². The first kappa shape index (κ1) is 10.1. The van der Waals surface area contributed by atoms with E-state index in [0.29, 0.717) is 5.82 Å². The number of imidazole rings is 1. The molecule has 0 saturated heterocycles. The number of hydrogen-bond donors (Lipinski definition) is 0. The topological polar surface area (TPSA) is 34.9 Å². The Labute approximate surface area is 92.4 Å². The highest BCUT2D eigenvalue weighted by Gasteiger charge is 2.08. The molecular weight excluding hydrogens is 208 g/mol. The SMILES string of the molecule is CCc1cnc(C=O)n1Cc1cccs1. The molecular formula is C11H12N2OS. The normalized spacial score (nSPS) is 10.5. The number of rotatable bonds is 4. The number of carbonyl (C=O) groups excluding carboxylic acids is 1. The third kappa shape index (κ3) is 1.99. The molecule has 0 saturated carbocycles. The molecule has 15 heavy (non-hydrogen) atoms. The molecule has 3 nitrogen and oxygen atoms in total. The molecule has 2 heterocycles. The van der Waals surface area contributed by atoms with Gasteiger partial charge >= 0.3 is 0 Å². The lowest BCUT2D eigenvalue weighted by Gasteiger charge is -2.06. The molecule has 2 aromatic heterocycles. The van der Waals surface area contributed by atoms with Crippen molar-refractivity contribution in [1.29, 1.82) is 0 Å². The highest BCUT2D eigenvalue weighted by atomic mass is 32.1. The van der Waals surface area contributed by atoms with Gasteiger partial charge in [-0.2, -0.15) is 0 Å². The molecule has 0 spiro atoms. The molecule has 0 aliphatic carbocycles. The fourth-order valence-corrected chi connectivity index (χ4v) is 2.24. The van der Waals surface area contributed by atoms with Crippen molar-refractivity contribution in [3.8, 4) is 0 Å². The van der Waals surface area contributed by atoms with Crippen molar-refractivity contribution >= 4 is 17.6 Å². The van der Waals surface area contributed by atoms with E-state index in [1.165, 1.54) is 4.88 Å². The molecule has 0 amide bonds. The second-order valence-electron chi connectivity index (χ2n) is 3.24. The molecule has 2 rings (SSSR count). The Morgan fingerprint density at radius 2 is 2.47 bits per heavy atom. The van der Waals surface area contributed by atoms with Gasteiger partial charge in [-0.1, -0.05) is 13.0 Å². The predicted molar refractivity (Wildman–Crippen MR) is 60.4 cm³/mol. The third-order valence-electron chi connectivity index (χ3n) is 2.33. The summed E-state index contributed by atoms with van der Waals surface area (Å²) in [7, 11) is 0. The smallest absolute Gasteiger partial charge is 0.185 e. The maximum atomic E-state index is 10.8. The first-order chi connectivity index (χ1) is 7.35. The lowest BCUT2D eigenvalue weighted by Crippen LogP contribution is -2.06. The van der Waals surface area contributed by atoms with Crippen LogP contribution in [-0.2, 0) is 13.0 Å². The van der Waals surface area contributed by atoms with Gasteiger partial charge in [0.15, 0.2) is 12.1 Å². The second-order valence-corrected chi connectivity index (χ2v) is 4.28. The minimum absolute atomic E-state index is 0.514. The van der Waals surface area contributed by atoms with Crippen LogP contribution in [0.3, 0.4) is 0 Å². The summed E-state index contributed by atoms with van der Waals surface area (Å²) in [5.74, 6) is 0.514. The van der Waals surface area contributed by atoms with E-state index in [1.54, 1.807) is 17.5 Å². The maximum absolute atomic E-state index is 10.8. The van der Waals surface area contributed by atoms with Crippen molar-refractivity contribution in [3.63, 3.8) is 0 Å². The molecule has 0 aliphatic heterocycles. The van der Waals surface area contributed by atoms with Gasteiger partial charge < -0.3 is 4.57 Å². The van der Waals surface area contributed by atoms with Crippen LogP contribution in [0.2, 0.25) is 0 Å². The molecule has 0 fully saturated rings. The van der Waals surface area contributed by atoms with Crippen molar-refractivity contribution in [1.82, 2.24) is 9.55 Å². The van der Waals surface area contributed by atoms with Gasteiger partial charge in [0, 0.05) is 16.8 Å². The number of nitrogens with zero attached hydrogens (tertiary/aromatic N) is 2. The van der Waals surface area contributed by atoms with Gasteiger partial charge in [0.25, 0.3) is 0 Å². The number of aryl methyl sites for hydroxylation is 1. The number of thiophene rings is 1. The van der Waals surface area contributed by atoms with Crippen LogP contribution in [0.15, 0.2) is 23.7 Å². The summed E-state index contributed by atoms with van der Waals surface area (Å²) >= 11 is 1.69. The summed E-state index contributed by atoms with van der Waals surface area (Å²) in [6.07, 6.45) is 3.48. The lowest BCUT2D eigenvalue weighted by atomic mass is 10.3. The number of carbonyl (C=O) groups is 1. The van der Waals surface area contributed by atoms with E-state index in [-0.39, 0.29) is 0 Å². The molecule has 2 aromatic rings. The van der Waals surface area contributed by atoms with Crippen molar-refractivity contribution in [2.45, 2.75) is 19.9 Å². The van der Waals surface area contributed by atoms with E-state index < -0.39 is 0 Å². The van der Waals surface area contributed by atoms with Crippen molar-refractivity contribution in [3.05, 3.63) is 40.1 Å². The highest BCUT2D eigenvalue weighted by molar-refractivity contribution is 7.09. The number of aromatic nitrogens is 2. The van der Waals surface area contributed by atoms with Crippen LogP contribution in [0.5, 0.6) is 0 Å². The summed E-state index contributed by atoms with van der Waals surface area (Å²) < 4.78 is 1.97. The zero-order chi connectivity index (χ0) is 10.7. The Bertz CT molecular complexity index is 445. The molecule has 0 N–H and O–H groups in total. The van der Waals surface area contributed by atoms with Gasteiger partial charge in [-0.3, -0.25) is 4.79 Å². The van der Waals surface area contributed by atoms with Gasteiger partial charge in [0.1, 0.15) is 0 Å². The van der Waals surface area contributed by atoms with Crippen LogP contribution >= 0.6 is 11.3 Å². The average molecular weight is 220 g/mol. The Balaban J connectivity index is 2.33. The van der Waals surface area contributed by atoms with Gasteiger partial charge in [-0.25, -0.2) is 4.98 Å². The summed E-state index contributed by atoms with van der Waals surface area (Å²) in [4.78, 5) is 16.1. The van der Waals surface area contributed by atoms with Gasteiger partial charge in [-0.05, 0) is 17.9 Å². The van der Waals surface area contributed by atoms with Gasteiger partial charge in [-0.15, -0.1) is 11.3 Å². The first-order valence-electron chi connectivity index (χ1n) is 4.87. The molecule has 0 aromatic carbocycles. The molecule has 0 unspecified atom stereocenters. The molecule has 0 aliphatic rings. The summed E-state index contributed by atoms with van der Waals surface area (Å²) in [6.45, 7) is 2.81. The van der Waals surface area contributed by atoms with E-state index >= 15 is 0 Å². The van der Waals surface area contributed by atoms with Crippen LogP contribution in [0.25, 0.3) is 0 Å². The predicted octanol–water partition coefficient (Wildman–Crippen LogP) is 2.37. The standard InChI is InChI=1S/C11H12N2OS/c1-2-9-6-12-11(8-14)13(9)7-10-4-3-5-15-10/h3-6,8H,2,7H2,1H3. The van der Waals surface area contributed by atoms with E-state index in [1.807, 2.05) is 16.0 Å². The average Bonchev–Trinajstić information content (AvgIpc) is 2.87. The fourth-order valence-electron chi connectivity index (χ4n) is 1.54. The van der Waals surface area contributed by atoms with Crippen LogP contribution in [-0.4, -0.2) is 15.8 Å². The Hall–Kier alpha value is -1.42. The molecule has 0 atom stereocenters. The van der Waals surface area contributed by atoms with Crippen LogP contribution < -0.4 is 0 Å². The zero-order valence-corrected chi connectivity index (χ0v) is 9.33. The lowest BCUT2D eigenvalue weighted by molar-refractivity contribution is 0.111. The number of aldehydes is 1. The van der Waals surface area contributed by atoms with E-state index in [0.717, 1.165) is 24.9 Å². The molecule has 4 heteroatoms. The monoisotopic (exact) mass is 220 g/mol. The Morgan fingerprint density at radius 1 is 1.60 bits per heavy atom. The van der Waals surface area contributed by atoms with Gasteiger partial charge in [0.2, 0.25) is 0 Å². The minimum Gasteiger partial charge on any atom is -0.321 e. The fraction of sp³-hybridized carbons (Fsp3) is 0.273. The second kappa shape index (κ2) is 4.40. The van der Waals surface area contributed by atoms with E-state index in [2.05, 4.69) is 18.0 Å². The number of hydrogen-bond acceptors (Lipinski definition) is 3. The first-order valence-corrected chi connectivity index (χ1v) is 5.75. The van der Waals surface area contributed by atoms with Crippen molar-refractivity contribution < 1.29 is 4.79 Å². The zero-order valence-electron chi connectivity index (χ0n) is 8.51. The van der Waals surface area contributed by atoms with E-state index in [4.69, 9.17) is 0 Å². The van der Waals surface area contributed by atoms with Crippen LogP contribution in [0, 0.1) is 0 Å². The largest absolute Gasteiger partial charge is 0.321 e. The Kier molecular flexibility index (Phi) is 2.97. The summed E-state index contributed by atoms with van der Waals surface area (Å²) in [6, 6.07) is 4.09. The summed E-state index contributed by atoms with van der Waals surface area (Å²) in [5, 5.41) is 2.04. The maximum Gasteiger partial charge on any atom is 0.185 e. The van der Waals surface area contributed by atoms with Crippen molar-refractivity contribution in [2.24, 2.45) is 0 Å². The highest BCUT2D eigenvalue weighted by Crippen LogP contribution is 2.14. The van der Waals surface area contributed by atoms with Crippen LogP contribution in [0.4, 0.5) is 0 Å². The molecule has 78 valence electrons.